The number of carbonyl (C=O) groups is 1. The molecule has 0 saturated carbocycles. The van der Waals surface area contributed by atoms with Gasteiger partial charge >= 0.3 is 0 Å². The van der Waals surface area contributed by atoms with Gasteiger partial charge in [-0.05, 0) is 6.42 Å². The van der Waals surface area contributed by atoms with Crippen LogP contribution in [0.3, 0.4) is 0 Å². The molecule has 7 nitrogen and oxygen atoms in total. The van der Waals surface area contributed by atoms with Crippen LogP contribution in [0.15, 0.2) is 0 Å². The summed E-state index contributed by atoms with van der Waals surface area (Å²) in [5.74, 6) is -0.968. The molecule has 86 valence electrons. The molecular weight excluding hydrogens is 213 g/mol. The molecule has 0 aliphatic heterocycles. The Balaban J connectivity index is 0. The summed E-state index contributed by atoms with van der Waals surface area (Å²) < 4.78 is 28.8. The van der Waals surface area contributed by atoms with Crippen LogP contribution < -0.4 is 11.1 Å². The minimum Gasteiger partial charge on any atom is -0.394 e. The fourth-order valence-electron chi connectivity index (χ4n) is 0.680. The Hall–Kier alpha value is -0.700. The molecule has 0 aromatic carbocycles. The highest BCUT2D eigenvalue weighted by molar-refractivity contribution is 7.85. The zero-order valence-electron chi connectivity index (χ0n) is 7.51. The van der Waals surface area contributed by atoms with Gasteiger partial charge in [-0.2, -0.15) is 8.42 Å². The van der Waals surface area contributed by atoms with Gasteiger partial charge in [-0.1, -0.05) is 0 Å². The van der Waals surface area contributed by atoms with Crippen molar-refractivity contribution in [2.24, 2.45) is 5.73 Å². The number of hydrogen-bond donors (Lipinski definition) is 4. The molecule has 0 aliphatic rings. The first-order valence-corrected chi connectivity index (χ1v) is 5.57. The van der Waals surface area contributed by atoms with Gasteiger partial charge < -0.3 is 16.2 Å². The largest absolute Gasteiger partial charge is 0.394 e. The first-order valence-electron chi connectivity index (χ1n) is 3.96. The van der Waals surface area contributed by atoms with E-state index in [1.54, 1.807) is 0 Å². The Morgan fingerprint density at radius 2 is 2.14 bits per heavy atom. The molecule has 0 bridgehead atoms. The van der Waals surface area contributed by atoms with Gasteiger partial charge in [0, 0.05) is 7.97 Å². The van der Waals surface area contributed by atoms with Crippen molar-refractivity contribution in [3.05, 3.63) is 0 Å². The van der Waals surface area contributed by atoms with E-state index in [1.165, 1.54) is 0 Å². The predicted octanol–water partition coefficient (Wildman–Crippen LogP) is -2.05. The van der Waals surface area contributed by atoms with Crippen molar-refractivity contribution in [1.29, 1.82) is 0 Å². The third kappa shape index (κ3) is 6.78. The van der Waals surface area contributed by atoms with E-state index in [0.29, 0.717) is 0 Å². The summed E-state index contributed by atoms with van der Waals surface area (Å²) in [6.45, 7) is -0.379. The molecule has 8 heteroatoms. The molecule has 1 amide bonds. The third-order valence-electron chi connectivity index (χ3n) is 1.41. The van der Waals surface area contributed by atoms with Crippen LogP contribution in [-0.2, 0) is 14.9 Å². The van der Waals surface area contributed by atoms with Crippen molar-refractivity contribution in [3.63, 3.8) is 0 Å². The predicted molar refractivity (Wildman–Crippen MR) is 51.2 cm³/mol. The lowest BCUT2D eigenvalue weighted by molar-refractivity contribution is -0.123. The van der Waals surface area contributed by atoms with E-state index >= 15 is 0 Å². The molecule has 0 saturated heterocycles. The zero-order chi connectivity index (χ0) is 11.2. The number of amides is 1. The van der Waals surface area contributed by atoms with E-state index in [2.05, 4.69) is 5.32 Å². The first-order chi connectivity index (χ1) is 6.37. The summed E-state index contributed by atoms with van der Waals surface area (Å²) in [6.07, 6.45) is 0.0999. The molecule has 0 rings (SSSR count). The maximum Gasteiger partial charge on any atom is 0.264 e. The highest BCUT2D eigenvalue weighted by atomic mass is 32.2. The lowest BCUT2D eigenvalue weighted by atomic mass is 10.3. The number of nitrogens with two attached hydrogens (primary N) is 1. The molecule has 0 aromatic rings. The lowest BCUT2D eigenvalue weighted by Crippen LogP contribution is -2.43. The Morgan fingerprint density at radius 1 is 1.57 bits per heavy atom. The molecular formula is C6H16N2O5S. The maximum absolute atomic E-state index is 10.9. The van der Waals surface area contributed by atoms with Gasteiger partial charge in [0.1, 0.15) is 6.04 Å². The molecule has 14 heavy (non-hydrogen) atoms. The summed E-state index contributed by atoms with van der Waals surface area (Å²) in [4.78, 5) is 10.9. The Kier molecular flexibility index (Phi) is 5.62. The Labute approximate surface area is 83.5 Å². The van der Waals surface area contributed by atoms with Gasteiger partial charge in [0.05, 0.1) is 12.4 Å². The highest BCUT2D eigenvalue weighted by Crippen LogP contribution is 1.87. The fraction of sp³-hybridized carbons (Fsp3) is 0.833. The van der Waals surface area contributed by atoms with E-state index in [0.717, 1.165) is 0 Å². The normalized spacial score (nSPS) is 13.6. The highest BCUT2D eigenvalue weighted by Gasteiger charge is 2.11. The van der Waals surface area contributed by atoms with Crippen molar-refractivity contribution >= 4 is 16.0 Å². The van der Waals surface area contributed by atoms with Crippen molar-refractivity contribution in [2.75, 3.05) is 18.9 Å². The second kappa shape index (κ2) is 5.91. The first kappa shape index (κ1) is 13.3. The van der Waals surface area contributed by atoms with Crippen LogP contribution in [0.2, 0.25) is 0 Å². The van der Waals surface area contributed by atoms with Gasteiger partial charge in [-0.25, -0.2) is 0 Å². The van der Waals surface area contributed by atoms with Crippen molar-refractivity contribution < 1.29 is 24.3 Å². The number of rotatable bonds is 6. The maximum atomic E-state index is 10.9. The zero-order valence-corrected chi connectivity index (χ0v) is 8.33. The Bertz CT molecular complexity index is 281. The monoisotopic (exact) mass is 229 g/mol. The third-order valence-corrected chi connectivity index (χ3v) is 2.22. The van der Waals surface area contributed by atoms with Crippen LogP contribution in [0.25, 0.3) is 0 Å². The molecule has 0 aromatic heterocycles. The minimum atomic E-state index is -3.98. The van der Waals surface area contributed by atoms with E-state index in [4.69, 9.17) is 15.4 Å². The summed E-state index contributed by atoms with van der Waals surface area (Å²) in [6, 6.07) is -0.999. The summed E-state index contributed by atoms with van der Waals surface area (Å²) in [7, 11) is -3.98. The van der Waals surface area contributed by atoms with Gasteiger partial charge in [-0.3, -0.25) is 9.35 Å². The van der Waals surface area contributed by atoms with Gasteiger partial charge in [0.2, 0.25) is 5.91 Å². The number of aliphatic hydroxyl groups is 1. The lowest BCUT2D eigenvalue weighted by Gasteiger charge is -2.08. The van der Waals surface area contributed by atoms with Crippen LogP contribution in [-0.4, -0.2) is 48.9 Å². The standard InChI is InChI=1S/C6H14N2O5S.H2/c7-5(4-9)6(10)8-2-1-3-14(11,12)13;/h5,9H,1-4,7H2,(H,8,10)(H,11,12,13);1H/t5-;/m0./s1/i8+1;. The number of nitrogens with one attached hydrogen (secondary N) is 1. The second-order valence-corrected chi connectivity index (χ2v) is 4.29. The van der Waals surface area contributed by atoms with Crippen molar-refractivity contribution in [3.8, 4) is 0 Å². The topological polar surface area (TPSA) is 130 Å². The van der Waals surface area contributed by atoms with Gasteiger partial charge in [-0.15, -0.1) is 0 Å². The van der Waals surface area contributed by atoms with Crippen molar-refractivity contribution in [1.82, 2.24) is 5.32 Å². The van der Waals surface area contributed by atoms with Crippen LogP contribution in [0, 0.1) is 0 Å². The molecule has 0 spiro atoms. The number of hydrogen-bond acceptors (Lipinski definition) is 5. The average molecular weight is 229 g/mol. The van der Waals surface area contributed by atoms with Gasteiger partial charge in [0.15, 0.2) is 0 Å². The molecule has 5 N–H and O–H groups in total. The smallest absolute Gasteiger partial charge is 0.264 e. The second-order valence-electron chi connectivity index (χ2n) is 2.72. The molecule has 0 unspecified atom stereocenters. The quantitative estimate of drug-likeness (QED) is 0.235. The van der Waals surface area contributed by atoms with Gasteiger partial charge in [0.25, 0.3) is 10.1 Å². The number of aliphatic hydroxyl groups excluding tert-OH is 1. The van der Waals surface area contributed by atoms with E-state index in [1.807, 2.05) is 0 Å². The Morgan fingerprint density at radius 3 is 2.57 bits per heavy atom. The average Bonchev–Trinajstić information content (AvgIpc) is 2.09. The molecule has 1 atom stereocenters. The number of carbonyl (C=O) groups excluding carboxylic acids is 1. The minimum absolute atomic E-state index is 0. The van der Waals surface area contributed by atoms with Crippen LogP contribution in [0.5, 0.6) is 0 Å². The SMILES string of the molecule is N[C@@H](CO)C(=O)[15NH]CCCS(=O)(=O)O.[HH]. The van der Waals surface area contributed by atoms with Crippen LogP contribution in [0.1, 0.15) is 7.85 Å². The molecule has 0 fully saturated rings. The summed E-state index contributed by atoms with van der Waals surface area (Å²) >= 11 is 0. The molecule has 0 aliphatic carbocycles. The van der Waals surface area contributed by atoms with E-state index < -0.39 is 34.4 Å². The molecule has 0 heterocycles. The van der Waals surface area contributed by atoms with Crippen molar-refractivity contribution in [2.45, 2.75) is 12.5 Å². The summed E-state index contributed by atoms with van der Waals surface area (Å²) in [5.41, 5.74) is 5.15. The molecule has 0 radical (unpaired) electrons. The van der Waals surface area contributed by atoms with Crippen LogP contribution in [0.4, 0.5) is 0 Å². The van der Waals surface area contributed by atoms with E-state index in [9.17, 15) is 13.2 Å². The fourth-order valence-corrected chi connectivity index (χ4v) is 1.19. The van der Waals surface area contributed by atoms with E-state index in [-0.39, 0.29) is 14.4 Å². The summed E-state index contributed by atoms with van der Waals surface area (Å²) in [5, 5.41) is 10.8. The van der Waals surface area contributed by atoms with Crippen LogP contribution >= 0.6 is 0 Å².